The number of nitrogens with zero attached hydrogens (tertiary/aromatic N) is 1. The summed E-state index contributed by atoms with van der Waals surface area (Å²) in [7, 11) is -1.78. The third kappa shape index (κ3) is 8.06. The molecule has 0 bridgehead atoms. The van der Waals surface area contributed by atoms with Crippen LogP contribution in [0.15, 0.2) is 71.6 Å². The number of methoxy groups -OCH3 is 2. The number of sulfonamides is 1. The average molecular weight is 583 g/mol. The number of anilines is 1. The molecule has 210 valence electrons. The third-order valence-electron chi connectivity index (χ3n) is 5.65. The summed E-state index contributed by atoms with van der Waals surface area (Å²) in [5.74, 6) is 1.01. The molecule has 3 rings (SSSR count). The van der Waals surface area contributed by atoms with E-state index in [0.717, 1.165) is 29.0 Å². The van der Waals surface area contributed by atoms with Gasteiger partial charge in [0.05, 0.1) is 30.4 Å². The molecule has 0 aromatic heterocycles. The zero-order valence-electron chi connectivity index (χ0n) is 21.6. The SMILES string of the molecule is COc1ccc(S(=O)(=O)N(CC(=O)NCCSCc2ccc(C)cc2)c2cccc(C(F)(F)F)c2)cc1OC. The standard InChI is InChI=1S/C27H29F3N2O5S2/c1-19-7-9-20(10-8-19)18-38-14-13-31-26(33)17-32(22-6-4-5-21(15-22)27(28,29)30)39(34,35)23-11-12-24(36-2)25(16-23)37-3/h4-12,15-16H,13-14,17-18H2,1-3H3,(H,31,33). The summed E-state index contributed by atoms with van der Waals surface area (Å²) >= 11 is 1.59. The van der Waals surface area contributed by atoms with Crippen molar-refractivity contribution in [3.8, 4) is 11.5 Å². The molecule has 0 saturated carbocycles. The zero-order chi connectivity index (χ0) is 28.6. The van der Waals surface area contributed by atoms with Crippen molar-refractivity contribution in [2.45, 2.75) is 23.7 Å². The minimum atomic E-state index is -4.70. The van der Waals surface area contributed by atoms with E-state index in [1.54, 1.807) is 11.8 Å². The molecule has 0 atom stereocenters. The van der Waals surface area contributed by atoms with Gasteiger partial charge in [-0.1, -0.05) is 35.9 Å². The molecule has 39 heavy (non-hydrogen) atoms. The van der Waals surface area contributed by atoms with E-state index in [-0.39, 0.29) is 28.6 Å². The van der Waals surface area contributed by atoms with E-state index < -0.39 is 34.2 Å². The summed E-state index contributed by atoms with van der Waals surface area (Å²) in [6, 6.07) is 15.7. The maximum Gasteiger partial charge on any atom is 0.416 e. The molecule has 1 N–H and O–H groups in total. The minimum Gasteiger partial charge on any atom is -0.493 e. The summed E-state index contributed by atoms with van der Waals surface area (Å²) in [4.78, 5) is 12.5. The van der Waals surface area contributed by atoms with Crippen LogP contribution in [0.1, 0.15) is 16.7 Å². The van der Waals surface area contributed by atoms with Crippen molar-refractivity contribution < 1.29 is 35.9 Å². The fourth-order valence-electron chi connectivity index (χ4n) is 3.58. The summed E-state index contributed by atoms with van der Waals surface area (Å²) in [5, 5.41) is 2.65. The van der Waals surface area contributed by atoms with Crippen LogP contribution in [-0.4, -0.2) is 47.4 Å². The van der Waals surface area contributed by atoms with Crippen molar-refractivity contribution in [2.75, 3.05) is 37.4 Å². The normalized spacial score (nSPS) is 11.6. The highest BCUT2D eigenvalue weighted by Crippen LogP contribution is 2.35. The molecular weight excluding hydrogens is 553 g/mol. The second-order valence-electron chi connectivity index (χ2n) is 8.46. The number of nitrogens with one attached hydrogen (secondary N) is 1. The molecule has 12 heteroatoms. The number of hydrogen-bond donors (Lipinski definition) is 1. The Balaban J connectivity index is 1.79. The van der Waals surface area contributed by atoms with Crippen molar-refractivity contribution in [1.82, 2.24) is 5.32 Å². The Kier molecular flexibility index (Phi) is 10.1. The van der Waals surface area contributed by atoms with Crippen LogP contribution >= 0.6 is 11.8 Å². The maximum atomic E-state index is 13.6. The van der Waals surface area contributed by atoms with Crippen LogP contribution in [0.25, 0.3) is 0 Å². The fourth-order valence-corrected chi connectivity index (χ4v) is 5.83. The molecule has 0 fully saturated rings. The molecule has 0 aliphatic carbocycles. The Bertz CT molecular complexity index is 1380. The molecule has 3 aromatic rings. The molecule has 0 unspecified atom stereocenters. The topological polar surface area (TPSA) is 84.9 Å². The first-order valence-electron chi connectivity index (χ1n) is 11.8. The van der Waals surface area contributed by atoms with Crippen molar-refractivity contribution in [3.63, 3.8) is 0 Å². The molecule has 0 heterocycles. The Morgan fingerprint density at radius 1 is 0.974 bits per heavy atom. The van der Waals surface area contributed by atoms with Gasteiger partial charge in [-0.3, -0.25) is 9.10 Å². The molecule has 0 radical (unpaired) electrons. The van der Waals surface area contributed by atoms with Crippen LogP contribution < -0.4 is 19.1 Å². The number of carbonyl (C=O) groups is 1. The van der Waals surface area contributed by atoms with Crippen LogP contribution in [0.5, 0.6) is 11.5 Å². The second kappa shape index (κ2) is 13.1. The molecule has 0 aliphatic rings. The van der Waals surface area contributed by atoms with Gasteiger partial charge in [0.25, 0.3) is 10.0 Å². The number of amides is 1. The van der Waals surface area contributed by atoms with Gasteiger partial charge in [-0.15, -0.1) is 0 Å². The van der Waals surface area contributed by atoms with Gasteiger partial charge >= 0.3 is 6.18 Å². The molecule has 0 spiro atoms. The van der Waals surface area contributed by atoms with Gasteiger partial charge in [-0.25, -0.2) is 8.42 Å². The largest absolute Gasteiger partial charge is 0.493 e. The van der Waals surface area contributed by atoms with E-state index in [2.05, 4.69) is 5.32 Å². The Labute approximate surface area is 230 Å². The van der Waals surface area contributed by atoms with E-state index >= 15 is 0 Å². The lowest BCUT2D eigenvalue weighted by Gasteiger charge is -2.25. The van der Waals surface area contributed by atoms with Crippen molar-refractivity contribution in [2.24, 2.45) is 0 Å². The number of rotatable bonds is 12. The van der Waals surface area contributed by atoms with E-state index in [1.807, 2.05) is 31.2 Å². The highest BCUT2D eigenvalue weighted by Gasteiger charge is 2.33. The summed E-state index contributed by atoms with van der Waals surface area (Å²) in [5.41, 5.74) is 0.946. The highest BCUT2D eigenvalue weighted by atomic mass is 32.2. The van der Waals surface area contributed by atoms with Gasteiger partial charge < -0.3 is 14.8 Å². The summed E-state index contributed by atoms with van der Waals surface area (Å²) in [6.07, 6.45) is -4.70. The smallest absolute Gasteiger partial charge is 0.416 e. The quantitative estimate of drug-likeness (QED) is 0.293. The van der Waals surface area contributed by atoms with E-state index in [1.165, 1.54) is 38.5 Å². The molecule has 7 nitrogen and oxygen atoms in total. The lowest BCUT2D eigenvalue weighted by molar-refractivity contribution is -0.137. The first-order valence-corrected chi connectivity index (χ1v) is 14.4. The Morgan fingerprint density at radius 2 is 1.67 bits per heavy atom. The number of aryl methyl sites for hydroxylation is 1. The molecule has 0 saturated heterocycles. The lowest BCUT2D eigenvalue weighted by Crippen LogP contribution is -2.41. The number of hydrogen-bond acceptors (Lipinski definition) is 6. The number of benzene rings is 3. The highest BCUT2D eigenvalue weighted by molar-refractivity contribution is 7.98. The first-order chi connectivity index (χ1) is 18.5. The summed E-state index contributed by atoms with van der Waals surface area (Å²) < 4.78 is 78.4. The van der Waals surface area contributed by atoms with Gasteiger partial charge in [0.15, 0.2) is 11.5 Å². The number of ether oxygens (including phenoxy) is 2. The average Bonchev–Trinajstić information content (AvgIpc) is 2.91. The summed E-state index contributed by atoms with van der Waals surface area (Å²) in [6.45, 7) is 1.53. The van der Waals surface area contributed by atoms with Crippen LogP contribution in [0, 0.1) is 6.92 Å². The van der Waals surface area contributed by atoms with Gasteiger partial charge in [-0.05, 0) is 42.8 Å². The fraction of sp³-hybridized carbons (Fsp3) is 0.296. The number of halogens is 3. The second-order valence-corrected chi connectivity index (χ2v) is 11.4. The monoisotopic (exact) mass is 582 g/mol. The van der Waals surface area contributed by atoms with Gasteiger partial charge in [0.1, 0.15) is 6.54 Å². The first kappa shape index (κ1) is 30.2. The predicted octanol–water partition coefficient (Wildman–Crippen LogP) is 5.28. The van der Waals surface area contributed by atoms with E-state index in [9.17, 15) is 26.4 Å². The molecule has 1 amide bonds. The molecule has 3 aromatic carbocycles. The lowest BCUT2D eigenvalue weighted by atomic mass is 10.2. The van der Waals surface area contributed by atoms with Crippen molar-refractivity contribution >= 4 is 33.4 Å². The Hall–Kier alpha value is -3.38. The minimum absolute atomic E-state index is 0.109. The van der Waals surface area contributed by atoms with Crippen LogP contribution in [0.3, 0.4) is 0 Å². The maximum absolute atomic E-state index is 13.6. The van der Waals surface area contributed by atoms with Crippen LogP contribution in [0.4, 0.5) is 18.9 Å². The number of carbonyl (C=O) groups excluding carboxylic acids is 1. The van der Waals surface area contributed by atoms with Gasteiger partial charge in [0, 0.05) is 24.1 Å². The van der Waals surface area contributed by atoms with Crippen LogP contribution in [-0.2, 0) is 26.7 Å². The van der Waals surface area contributed by atoms with Gasteiger partial charge in [0.2, 0.25) is 5.91 Å². The van der Waals surface area contributed by atoms with E-state index in [4.69, 9.17) is 9.47 Å². The Morgan fingerprint density at radius 3 is 2.31 bits per heavy atom. The number of thioether (sulfide) groups is 1. The van der Waals surface area contributed by atoms with Crippen molar-refractivity contribution in [1.29, 1.82) is 0 Å². The predicted molar refractivity (Wildman–Crippen MR) is 146 cm³/mol. The van der Waals surface area contributed by atoms with Crippen molar-refractivity contribution in [3.05, 3.63) is 83.4 Å². The molecule has 0 aliphatic heterocycles. The van der Waals surface area contributed by atoms with E-state index in [0.29, 0.717) is 16.1 Å². The number of alkyl halides is 3. The van der Waals surface area contributed by atoms with Gasteiger partial charge in [-0.2, -0.15) is 24.9 Å². The third-order valence-corrected chi connectivity index (χ3v) is 8.45. The zero-order valence-corrected chi connectivity index (χ0v) is 23.3. The van der Waals surface area contributed by atoms with Crippen LogP contribution in [0.2, 0.25) is 0 Å². The molecular formula is C27H29F3N2O5S2.